The largest absolute Gasteiger partial charge is 0.466 e. The molecule has 0 saturated heterocycles. The summed E-state index contributed by atoms with van der Waals surface area (Å²) < 4.78 is 5.47. The molecule has 368 valence electrons. The predicted octanol–water partition coefficient (Wildman–Crippen LogP) is 16.9. The van der Waals surface area contributed by atoms with Crippen molar-refractivity contribution in [2.75, 3.05) is 13.2 Å². The summed E-state index contributed by atoms with van der Waals surface area (Å²) in [5, 5.41) is 23.1. The number of carbonyl (C=O) groups is 2. The Kier molecular flexibility index (Phi) is 51.0. The van der Waals surface area contributed by atoms with E-state index in [2.05, 4.69) is 19.2 Å². The van der Waals surface area contributed by atoms with Crippen LogP contribution in [-0.2, 0) is 14.3 Å². The molecule has 0 saturated carbocycles. The molecule has 62 heavy (non-hydrogen) atoms. The van der Waals surface area contributed by atoms with Gasteiger partial charge in [0.25, 0.3) is 0 Å². The lowest BCUT2D eigenvalue weighted by molar-refractivity contribution is -0.143. The molecule has 6 heteroatoms. The minimum absolute atomic E-state index is 0.00477. The number of aliphatic hydroxyl groups excluding tert-OH is 2. The molecule has 1 amide bonds. The quantitative estimate of drug-likeness (QED) is 0.0321. The van der Waals surface area contributed by atoms with Crippen molar-refractivity contribution in [2.24, 2.45) is 0 Å². The highest BCUT2D eigenvalue weighted by Crippen LogP contribution is 2.17. The van der Waals surface area contributed by atoms with E-state index in [0.717, 1.165) is 44.9 Å². The van der Waals surface area contributed by atoms with Crippen LogP contribution in [0.15, 0.2) is 12.2 Å². The molecule has 0 rings (SSSR count). The van der Waals surface area contributed by atoms with Crippen molar-refractivity contribution in [3.63, 3.8) is 0 Å². The summed E-state index contributed by atoms with van der Waals surface area (Å²) in [4.78, 5) is 24.5. The van der Waals surface area contributed by atoms with E-state index in [9.17, 15) is 19.8 Å². The molecule has 3 N–H and O–H groups in total. The van der Waals surface area contributed by atoms with Crippen LogP contribution in [0.4, 0.5) is 0 Å². The van der Waals surface area contributed by atoms with E-state index in [4.69, 9.17) is 4.74 Å². The van der Waals surface area contributed by atoms with Gasteiger partial charge >= 0.3 is 5.97 Å². The molecule has 0 spiro atoms. The van der Waals surface area contributed by atoms with E-state index < -0.39 is 12.1 Å². The van der Waals surface area contributed by atoms with E-state index in [1.807, 2.05) is 6.08 Å². The molecule has 0 radical (unpaired) electrons. The molecule has 0 fully saturated rings. The maximum absolute atomic E-state index is 12.4. The summed E-state index contributed by atoms with van der Waals surface area (Å²) in [6.07, 6.45) is 60.8. The van der Waals surface area contributed by atoms with E-state index in [1.165, 1.54) is 238 Å². The van der Waals surface area contributed by atoms with E-state index >= 15 is 0 Å². The highest BCUT2D eigenvalue weighted by Gasteiger charge is 2.18. The van der Waals surface area contributed by atoms with Crippen LogP contribution in [0.2, 0.25) is 0 Å². The molecule has 0 aromatic rings. The molecule has 0 bridgehead atoms. The number of ether oxygens (including phenoxy) is 1. The van der Waals surface area contributed by atoms with Gasteiger partial charge in [0.05, 0.1) is 25.4 Å². The van der Waals surface area contributed by atoms with Gasteiger partial charge < -0.3 is 20.3 Å². The Morgan fingerprint density at radius 2 is 0.742 bits per heavy atom. The topological polar surface area (TPSA) is 95.9 Å². The summed E-state index contributed by atoms with van der Waals surface area (Å²) >= 11 is 0. The second-order valence-electron chi connectivity index (χ2n) is 19.3. The van der Waals surface area contributed by atoms with Crippen LogP contribution in [-0.4, -0.2) is 47.4 Å². The first-order valence-electron chi connectivity index (χ1n) is 28.0. The Hall–Kier alpha value is -1.40. The van der Waals surface area contributed by atoms with Crippen LogP contribution in [0, 0.1) is 0 Å². The molecular formula is C56H109NO5. The number of aliphatic hydroxyl groups is 2. The van der Waals surface area contributed by atoms with Gasteiger partial charge in [-0.15, -0.1) is 0 Å². The molecule has 0 heterocycles. The first-order chi connectivity index (χ1) is 30.5. The van der Waals surface area contributed by atoms with E-state index in [1.54, 1.807) is 6.08 Å². The average molecular weight is 876 g/mol. The highest BCUT2D eigenvalue weighted by molar-refractivity contribution is 5.76. The highest BCUT2D eigenvalue weighted by atomic mass is 16.5. The van der Waals surface area contributed by atoms with Gasteiger partial charge in [-0.1, -0.05) is 276 Å². The number of nitrogens with one attached hydrogen (secondary N) is 1. The molecule has 6 nitrogen and oxygen atoms in total. The van der Waals surface area contributed by atoms with Crippen LogP contribution >= 0.6 is 0 Å². The summed E-state index contributed by atoms with van der Waals surface area (Å²) in [5.74, 6) is -0.0682. The number of amides is 1. The first kappa shape index (κ1) is 60.6. The van der Waals surface area contributed by atoms with Crippen LogP contribution < -0.4 is 5.32 Å². The van der Waals surface area contributed by atoms with Gasteiger partial charge in [-0.3, -0.25) is 9.59 Å². The number of hydrogen-bond donors (Lipinski definition) is 3. The third-order valence-corrected chi connectivity index (χ3v) is 13.1. The van der Waals surface area contributed by atoms with E-state index in [0.29, 0.717) is 19.4 Å². The van der Waals surface area contributed by atoms with Gasteiger partial charge in [0, 0.05) is 12.8 Å². The lowest BCUT2D eigenvalue weighted by Gasteiger charge is -2.20. The Morgan fingerprint density at radius 1 is 0.435 bits per heavy atom. The van der Waals surface area contributed by atoms with Crippen molar-refractivity contribution >= 4 is 11.9 Å². The van der Waals surface area contributed by atoms with Crippen LogP contribution in [0.3, 0.4) is 0 Å². The van der Waals surface area contributed by atoms with Gasteiger partial charge in [-0.05, 0) is 32.1 Å². The zero-order valence-corrected chi connectivity index (χ0v) is 41.9. The minimum atomic E-state index is -0.847. The Morgan fingerprint density at radius 3 is 1.10 bits per heavy atom. The lowest BCUT2D eigenvalue weighted by Crippen LogP contribution is -2.45. The Balaban J connectivity index is 3.44. The molecule has 2 atom stereocenters. The second-order valence-corrected chi connectivity index (χ2v) is 19.3. The molecule has 0 aliphatic rings. The Bertz CT molecular complexity index is 924. The van der Waals surface area contributed by atoms with E-state index in [-0.39, 0.29) is 18.5 Å². The molecule has 0 aliphatic heterocycles. The molecule has 0 aliphatic carbocycles. The van der Waals surface area contributed by atoms with Crippen LogP contribution in [0.25, 0.3) is 0 Å². The first-order valence-corrected chi connectivity index (χ1v) is 28.0. The smallest absolute Gasteiger partial charge is 0.305 e. The van der Waals surface area contributed by atoms with Crippen molar-refractivity contribution in [1.29, 1.82) is 0 Å². The fourth-order valence-corrected chi connectivity index (χ4v) is 8.75. The second kappa shape index (κ2) is 52.2. The fourth-order valence-electron chi connectivity index (χ4n) is 8.75. The summed E-state index contributed by atoms with van der Waals surface area (Å²) in [7, 11) is 0. The zero-order valence-electron chi connectivity index (χ0n) is 41.9. The number of allylic oxidation sites excluding steroid dienone is 1. The van der Waals surface area contributed by atoms with Crippen molar-refractivity contribution in [3.8, 4) is 0 Å². The van der Waals surface area contributed by atoms with Gasteiger partial charge in [0.15, 0.2) is 0 Å². The molecular weight excluding hydrogens is 767 g/mol. The SMILES string of the molecule is CCCCCCCCCCCCCCC/C=C/C(O)C(CO)NC(=O)CCCCCCCCCCCCCCCCCCOC(=O)CCCCCCCCCCCCCCCC. The number of esters is 1. The third-order valence-electron chi connectivity index (χ3n) is 13.1. The van der Waals surface area contributed by atoms with Crippen molar-refractivity contribution in [1.82, 2.24) is 5.32 Å². The molecule has 0 aromatic heterocycles. The number of unbranched alkanes of at least 4 members (excludes halogenated alkanes) is 41. The summed E-state index contributed by atoms with van der Waals surface area (Å²) in [5.41, 5.74) is 0. The number of rotatable bonds is 52. The van der Waals surface area contributed by atoms with Gasteiger partial charge in [-0.2, -0.15) is 0 Å². The van der Waals surface area contributed by atoms with Gasteiger partial charge in [0.2, 0.25) is 5.91 Å². The molecule has 0 aromatic carbocycles. The zero-order chi connectivity index (χ0) is 45.1. The maximum Gasteiger partial charge on any atom is 0.305 e. The fraction of sp³-hybridized carbons (Fsp3) is 0.929. The van der Waals surface area contributed by atoms with Crippen LogP contribution in [0.5, 0.6) is 0 Å². The summed E-state index contributed by atoms with van der Waals surface area (Å²) in [6, 6.07) is -0.631. The van der Waals surface area contributed by atoms with Crippen molar-refractivity contribution < 1.29 is 24.5 Å². The number of carbonyl (C=O) groups excluding carboxylic acids is 2. The van der Waals surface area contributed by atoms with Gasteiger partial charge in [0.1, 0.15) is 0 Å². The lowest BCUT2D eigenvalue weighted by atomic mass is 10.0. The Labute approximate surface area is 387 Å². The normalized spacial score (nSPS) is 12.6. The van der Waals surface area contributed by atoms with Crippen molar-refractivity contribution in [2.45, 2.75) is 321 Å². The predicted molar refractivity (Wildman–Crippen MR) is 269 cm³/mol. The summed E-state index contributed by atoms with van der Waals surface area (Å²) in [6.45, 7) is 4.90. The van der Waals surface area contributed by atoms with Crippen LogP contribution in [0.1, 0.15) is 309 Å². The number of hydrogen-bond acceptors (Lipinski definition) is 5. The minimum Gasteiger partial charge on any atom is -0.466 e. The maximum atomic E-state index is 12.4. The molecule has 2 unspecified atom stereocenters. The van der Waals surface area contributed by atoms with Crippen molar-refractivity contribution in [3.05, 3.63) is 12.2 Å². The monoisotopic (exact) mass is 876 g/mol. The average Bonchev–Trinajstić information content (AvgIpc) is 3.27. The standard InChI is InChI=1S/C56H109NO5/c1-3-5-7-9-11-13-15-17-21-24-28-32-36-40-44-48-54(59)53(52-58)57-55(60)49-45-41-37-33-29-25-22-19-20-23-27-31-35-39-43-47-51-62-56(61)50-46-42-38-34-30-26-18-16-14-12-10-8-6-4-2/h44,48,53-54,58-59H,3-43,45-47,49-52H2,1-2H3,(H,57,60)/b48-44+. The van der Waals surface area contributed by atoms with Gasteiger partial charge in [-0.25, -0.2) is 0 Å². The third kappa shape index (κ3) is 48.1.